The van der Waals surface area contributed by atoms with Crippen molar-refractivity contribution in [2.24, 2.45) is 5.92 Å². The summed E-state index contributed by atoms with van der Waals surface area (Å²) >= 11 is 0. The smallest absolute Gasteiger partial charge is 0.323 e. The molecule has 0 saturated carbocycles. The zero-order valence-electron chi connectivity index (χ0n) is 13.5. The van der Waals surface area contributed by atoms with Gasteiger partial charge in [-0.2, -0.15) is 0 Å². The fourth-order valence-corrected chi connectivity index (χ4v) is 3.14. The lowest BCUT2D eigenvalue weighted by Crippen LogP contribution is -2.47. The fourth-order valence-electron chi connectivity index (χ4n) is 3.14. The van der Waals surface area contributed by atoms with Crippen LogP contribution in [0.5, 0.6) is 0 Å². The van der Waals surface area contributed by atoms with Crippen molar-refractivity contribution < 1.29 is 9.90 Å². The van der Waals surface area contributed by atoms with E-state index in [2.05, 4.69) is 17.1 Å². The number of carboxylic acid groups (broad SMARTS) is 1. The lowest BCUT2D eigenvalue weighted by atomic mass is 9.95. The number of nitrogens with one attached hydrogen (secondary N) is 1. The Kier molecular flexibility index (Phi) is 7.52. The minimum atomic E-state index is -0.781. The Hall–Kier alpha value is -0.610. The number of aliphatic carboxylic acids is 1. The van der Waals surface area contributed by atoms with E-state index in [1.54, 1.807) is 14.0 Å². The van der Waals surface area contributed by atoms with Crippen molar-refractivity contribution in [3.05, 3.63) is 0 Å². The third-order valence-corrected chi connectivity index (χ3v) is 4.81. The molecule has 0 aromatic heterocycles. The number of carbonyl (C=O) groups is 1. The molecule has 0 bridgehead atoms. The van der Waals surface area contributed by atoms with E-state index in [4.69, 9.17) is 0 Å². The predicted octanol–water partition coefficient (Wildman–Crippen LogP) is 2.73. The summed E-state index contributed by atoms with van der Waals surface area (Å²) in [7, 11) is 1.73. The van der Waals surface area contributed by atoms with Crippen LogP contribution in [0, 0.1) is 5.92 Å². The maximum absolute atomic E-state index is 11.2. The van der Waals surface area contributed by atoms with Gasteiger partial charge in [0.25, 0.3) is 0 Å². The molecule has 0 spiro atoms. The highest BCUT2D eigenvalue weighted by atomic mass is 16.4. The highest BCUT2D eigenvalue weighted by molar-refractivity contribution is 5.78. The standard InChI is InChI=1S/C16H32N2O2/c1-4-7-14-8-5-11-18(13-9-14)12-6-10-16(2,17-3)15(19)20/h14,17H,4-13H2,1-3H3,(H,19,20). The quantitative estimate of drug-likeness (QED) is 0.719. The summed E-state index contributed by atoms with van der Waals surface area (Å²) < 4.78 is 0. The number of likely N-dealkylation sites (N-methyl/N-ethyl adjacent to an activating group) is 1. The van der Waals surface area contributed by atoms with E-state index in [9.17, 15) is 9.90 Å². The van der Waals surface area contributed by atoms with Crippen LogP contribution in [0.3, 0.4) is 0 Å². The van der Waals surface area contributed by atoms with E-state index in [0.717, 1.165) is 18.9 Å². The van der Waals surface area contributed by atoms with E-state index in [1.807, 2.05) is 0 Å². The molecule has 20 heavy (non-hydrogen) atoms. The molecule has 0 aromatic carbocycles. The number of hydrogen-bond acceptors (Lipinski definition) is 3. The second kappa shape index (κ2) is 8.63. The monoisotopic (exact) mass is 284 g/mol. The Morgan fingerprint density at radius 1 is 1.40 bits per heavy atom. The molecule has 2 N–H and O–H groups in total. The van der Waals surface area contributed by atoms with Gasteiger partial charge in [0.05, 0.1) is 0 Å². The van der Waals surface area contributed by atoms with Gasteiger partial charge in [-0.15, -0.1) is 0 Å². The molecule has 1 heterocycles. The molecule has 0 aromatic rings. The number of hydrogen-bond donors (Lipinski definition) is 2. The fraction of sp³-hybridized carbons (Fsp3) is 0.938. The van der Waals surface area contributed by atoms with E-state index >= 15 is 0 Å². The van der Waals surface area contributed by atoms with Gasteiger partial charge in [0.15, 0.2) is 0 Å². The Labute approximate surface area is 123 Å². The van der Waals surface area contributed by atoms with Crippen molar-refractivity contribution in [1.82, 2.24) is 10.2 Å². The van der Waals surface area contributed by atoms with Crippen LogP contribution in [-0.2, 0) is 4.79 Å². The summed E-state index contributed by atoms with van der Waals surface area (Å²) in [6.45, 7) is 7.45. The molecule has 2 atom stereocenters. The van der Waals surface area contributed by atoms with Crippen LogP contribution in [-0.4, -0.2) is 48.2 Å². The maximum atomic E-state index is 11.2. The third kappa shape index (κ3) is 5.41. The predicted molar refractivity (Wildman–Crippen MR) is 83.0 cm³/mol. The SMILES string of the molecule is CCCC1CCCN(CCCC(C)(NC)C(=O)O)CC1. The van der Waals surface area contributed by atoms with Crippen molar-refractivity contribution >= 4 is 5.97 Å². The number of rotatable bonds is 8. The molecular formula is C16H32N2O2. The van der Waals surface area contributed by atoms with Crippen LogP contribution in [0.2, 0.25) is 0 Å². The van der Waals surface area contributed by atoms with Gasteiger partial charge in [-0.3, -0.25) is 4.79 Å². The largest absolute Gasteiger partial charge is 0.480 e. The van der Waals surface area contributed by atoms with Gasteiger partial charge in [0.2, 0.25) is 0 Å². The molecule has 0 radical (unpaired) electrons. The van der Waals surface area contributed by atoms with Crippen molar-refractivity contribution in [3.8, 4) is 0 Å². The van der Waals surface area contributed by atoms with Crippen LogP contribution in [0.4, 0.5) is 0 Å². The van der Waals surface area contributed by atoms with E-state index < -0.39 is 11.5 Å². The van der Waals surface area contributed by atoms with Gasteiger partial charge in [0, 0.05) is 0 Å². The molecular weight excluding hydrogens is 252 g/mol. The lowest BCUT2D eigenvalue weighted by Gasteiger charge is -2.26. The summed E-state index contributed by atoms with van der Waals surface area (Å²) in [4.78, 5) is 13.7. The maximum Gasteiger partial charge on any atom is 0.323 e. The minimum absolute atomic E-state index is 0.688. The summed E-state index contributed by atoms with van der Waals surface area (Å²) in [5, 5.41) is 12.2. The minimum Gasteiger partial charge on any atom is -0.480 e. The first-order valence-corrected chi connectivity index (χ1v) is 8.16. The number of nitrogens with zero attached hydrogens (tertiary/aromatic N) is 1. The topological polar surface area (TPSA) is 52.6 Å². The lowest BCUT2D eigenvalue weighted by molar-refractivity contribution is -0.144. The van der Waals surface area contributed by atoms with Crippen LogP contribution in [0.15, 0.2) is 0 Å². The van der Waals surface area contributed by atoms with E-state index in [1.165, 1.54) is 45.2 Å². The highest BCUT2D eigenvalue weighted by Gasteiger charge is 2.30. The average molecular weight is 284 g/mol. The van der Waals surface area contributed by atoms with E-state index in [-0.39, 0.29) is 0 Å². The third-order valence-electron chi connectivity index (χ3n) is 4.81. The zero-order valence-corrected chi connectivity index (χ0v) is 13.5. The normalized spacial score (nSPS) is 24.1. The Morgan fingerprint density at radius 2 is 2.15 bits per heavy atom. The molecule has 118 valence electrons. The first kappa shape index (κ1) is 17.4. The van der Waals surface area contributed by atoms with Crippen molar-refractivity contribution in [2.45, 2.75) is 64.3 Å². The van der Waals surface area contributed by atoms with E-state index in [0.29, 0.717) is 6.42 Å². The van der Waals surface area contributed by atoms with Crippen LogP contribution in [0.25, 0.3) is 0 Å². The summed E-state index contributed by atoms with van der Waals surface area (Å²) in [6, 6.07) is 0. The molecule has 4 nitrogen and oxygen atoms in total. The molecule has 4 heteroatoms. The Balaban J connectivity index is 2.30. The molecule has 1 fully saturated rings. The van der Waals surface area contributed by atoms with Crippen LogP contribution >= 0.6 is 0 Å². The number of carboxylic acids is 1. The first-order chi connectivity index (χ1) is 9.51. The van der Waals surface area contributed by atoms with Crippen molar-refractivity contribution in [3.63, 3.8) is 0 Å². The molecule has 1 aliphatic rings. The van der Waals surface area contributed by atoms with Gasteiger partial charge in [-0.1, -0.05) is 19.8 Å². The Bertz CT molecular complexity index is 296. The molecule has 0 aliphatic carbocycles. The van der Waals surface area contributed by atoms with Crippen molar-refractivity contribution in [1.29, 1.82) is 0 Å². The molecule has 0 amide bonds. The average Bonchev–Trinajstić information content (AvgIpc) is 2.64. The molecule has 1 aliphatic heterocycles. The molecule has 1 saturated heterocycles. The molecule has 2 unspecified atom stereocenters. The number of likely N-dealkylation sites (tertiary alicyclic amines) is 1. The zero-order chi connectivity index (χ0) is 15.0. The summed E-state index contributed by atoms with van der Waals surface area (Å²) in [6.07, 6.45) is 8.28. The second-order valence-corrected chi connectivity index (χ2v) is 6.42. The second-order valence-electron chi connectivity index (χ2n) is 6.42. The van der Waals surface area contributed by atoms with Gasteiger partial charge < -0.3 is 15.3 Å². The van der Waals surface area contributed by atoms with Crippen LogP contribution < -0.4 is 5.32 Å². The van der Waals surface area contributed by atoms with Gasteiger partial charge >= 0.3 is 5.97 Å². The highest BCUT2D eigenvalue weighted by Crippen LogP contribution is 2.22. The van der Waals surface area contributed by atoms with Crippen molar-refractivity contribution in [2.75, 3.05) is 26.7 Å². The summed E-state index contributed by atoms with van der Waals surface area (Å²) in [5.74, 6) is 0.158. The Morgan fingerprint density at radius 3 is 2.75 bits per heavy atom. The van der Waals surface area contributed by atoms with Gasteiger partial charge in [-0.05, 0) is 71.6 Å². The molecule has 1 rings (SSSR count). The van der Waals surface area contributed by atoms with Gasteiger partial charge in [0.1, 0.15) is 5.54 Å². The first-order valence-electron chi connectivity index (χ1n) is 8.16. The van der Waals surface area contributed by atoms with Crippen LogP contribution in [0.1, 0.15) is 58.8 Å². The summed E-state index contributed by atoms with van der Waals surface area (Å²) in [5.41, 5.74) is -0.781. The van der Waals surface area contributed by atoms with Gasteiger partial charge in [-0.25, -0.2) is 0 Å².